The molecule has 0 bridgehead atoms. The van der Waals surface area contributed by atoms with E-state index in [2.05, 4.69) is 20.4 Å². The van der Waals surface area contributed by atoms with E-state index in [1.165, 1.54) is 0 Å². The zero-order valence-corrected chi connectivity index (χ0v) is 9.41. The van der Waals surface area contributed by atoms with Crippen molar-refractivity contribution >= 4 is 5.97 Å². The highest BCUT2D eigenvalue weighted by molar-refractivity contribution is 5.88. The fourth-order valence-electron chi connectivity index (χ4n) is 1.13. The van der Waals surface area contributed by atoms with Crippen molar-refractivity contribution in [2.45, 2.75) is 26.7 Å². The zero-order valence-electron chi connectivity index (χ0n) is 9.41. The molecule has 1 aromatic carbocycles. The molecule has 0 aliphatic rings. The Balaban J connectivity index is 2.82. The molecule has 1 rings (SSSR count). The SMILES string of the molecule is C=C(C)C(=O)Oc1cccc(C(C)C)c1. The molecule has 0 heterocycles. The first-order valence-electron chi connectivity index (χ1n) is 4.98. The molecular weight excluding hydrogens is 188 g/mol. The molecule has 0 radical (unpaired) electrons. The van der Waals surface area contributed by atoms with Crippen molar-refractivity contribution in [1.29, 1.82) is 0 Å². The summed E-state index contributed by atoms with van der Waals surface area (Å²) in [4.78, 5) is 11.3. The smallest absolute Gasteiger partial charge is 0.338 e. The molecule has 0 saturated carbocycles. The van der Waals surface area contributed by atoms with Crippen molar-refractivity contribution in [3.8, 4) is 5.75 Å². The minimum absolute atomic E-state index is 0.379. The van der Waals surface area contributed by atoms with E-state index in [-0.39, 0.29) is 5.97 Å². The van der Waals surface area contributed by atoms with Crippen LogP contribution in [0, 0.1) is 0 Å². The van der Waals surface area contributed by atoms with Crippen LogP contribution in [0.4, 0.5) is 0 Å². The highest BCUT2D eigenvalue weighted by Gasteiger charge is 2.06. The Kier molecular flexibility index (Phi) is 3.67. The number of hydrogen-bond donors (Lipinski definition) is 0. The molecule has 2 heteroatoms. The first-order chi connectivity index (χ1) is 7.00. The normalized spacial score (nSPS) is 10.1. The summed E-state index contributed by atoms with van der Waals surface area (Å²) in [5, 5.41) is 0. The zero-order chi connectivity index (χ0) is 11.4. The maximum atomic E-state index is 11.3. The minimum atomic E-state index is -0.379. The first-order valence-corrected chi connectivity index (χ1v) is 4.98. The van der Waals surface area contributed by atoms with Gasteiger partial charge in [0.15, 0.2) is 0 Å². The second-order valence-corrected chi connectivity index (χ2v) is 3.90. The van der Waals surface area contributed by atoms with Crippen molar-refractivity contribution in [2.24, 2.45) is 0 Å². The standard InChI is InChI=1S/C13H16O2/c1-9(2)11-6-5-7-12(8-11)15-13(14)10(3)4/h5-9H,3H2,1-2,4H3. The first kappa shape index (κ1) is 11.5. The average Bonchev–Trinajstić information content (AvgIpc) is 2.18. The van der Waals surface area contributed by atoms with Gasteiger partial charge in [-0.05, 0) is 30.5 Å². The van der Waals surface area contributed by atoms with Gasteiger partial charge in [-0.1, -0.05) is 32.6 Å². The Morgan fingerprint density at radius 2 is 2.07 bits per heavy atom. The topological polar surface area (TPSA) is 26.3 Å². The summed E-state index contributed by atoms with van der Waals surface area (Å²) in [6.45, 7) is 9.36. The third-order valence-corrected chi connectivity index (χ3v) is 2.08. The third kappa shape index (κ3) is 3.24. The third-order valence-electron chi connectivity index (χ3n) is 2.08. The van der Waals surface area contributed by atoms with Crippen LogP contribution in [-0.2, 0) is 4.79 Å². The van der Waals surface area contributed by atoms with Crippen molar-refractivity contribution in [3.05, 3.63) is 42.0 Å². The predicted octanol–water partition coefficient (Wildman–Crippen LogP) is 3.29. The van der Waals surface area contributed by atoms with E-state index >= 15 is 0 Å². The average molecular weight is 204 g/mol. The molecule has 0 fully saturated rings. The lowest BCUT2D eigenvalue weighted by molar-refractivity contribution is -0.130. The van der Waals surface area contributed by atoms with Crippen LogP contribution in [0.3, 0.4) is 0 Å². The Morgan fingerprint density at radius 3 is 2.60 bits per heavy atom. The lowest BCUT2D eigenvalue weighted by Gasteiger charge is -2.08. The Morgan fingerprint density at radius 1 is 1.40 bits per heavy atom. The van der Waals surface area contributed by atoms with Gasteiger partial charge in [0.05, 0.1) is 0 Å². The van der Waals surface area contributed by atoms with E-state index in [0.717, 1.165) is 5.56 Å². The van der Waals surface area contributed by atoms with Gasteiger partial charge in [0.1, 0.15) is 5.75 Å². The Bertz CT molecular complexity index is 378. The van der Waals surface area contributed by atoms with Crippen LogP contribution in [0.5, 0.6) is 5.75 Å². The summed E-state index contributed by atoms with van der Waals surface area (Å²) in [6.07, 6.45) is 0. The number of benzene rings is 1. The van der Waals surface area contributed by atoms with E-state index in [4.69, 9.17) is 4.74 Å². The van der Waals surface area contributed by atoms with E-state index in [9.17, 15) is 4.79 Å². The van der Waals surface area contributed by atoms with Gasteiger partial charge in [-0.2, -0.15) is 0 Å². The Hall–Kier alpha value is -1.57. The molecule has 0 aliphatic carbocycles. The second kappa shape index (κ2) is 4.78. The number of ether oxygens (including phenoxy) is 1. The fourth-order valence-corrected chi connectivity index (χ4v) is 1.13. The van der Waals surface area contributed by atoms with Gasteiger partial charge in [-0.25, -0.2) is 4.79 Å². The molecular formula is C13H16O2. The van der Waals surface area contributed by atoms with Gasteiger partial charge in [0.25, 0.3) is 0 Å². The molecule has 0 spiro atoms. The summed E-state index contributed by atoms with van der Waals surface area (Å²) >= 11 is 0. The van der Waals surface area contributed by atoms with E-state index in [1.807, 2.05) is 18.2 Å². The maximum Gasteiger partial charge on any atom is 0.338 e. The molecule has 2 nitrogen and oxygen atoms in total. The van der Waals surface area contributed by atoms with Gasteiger partial charge in [-0.3, -0.25) is 0 Å². The molecule has 0 unspecified atom stereocenters. The van der Waals surface area contributed by atoms with Gasteiger partial charge < -0.3 is 4.74 Å². The van der Waals surface area contributed by atoms with Crippen LogP contribution >= 0.6 is 0 Å². The number of rotatable bonds is 3. The van der Waals surface area contributed by atoms with Crippen LogP contribution in [0.25, 0.3) is 0 Å². The van der Waals surface area contributed by atoms with E-state index < -0.39 is 0 Å². The van der Waals surface area contributed by atoms with Gasteiger partial charge in [-0.15, -0.1) is 0 Å². The molecule has 15 heavy (non-hydrogen) atoms. The summed E-state index contributed by atoms with van der Waals surface area (Å²) < 4.78 is 5.13. The predicted molar refractivity (Wildman–Crippen MR) is 61.0 cm³/mol. The number of hydrogen-bond acceptors (Lipinski definition) is 2. The molecule has 0 N–H and O–H groups in total. The van der Waals surface area contributed by atoms with E-state index in [1.54, 1.807) is 13.0 Å². The lowest BCUT2D eigenvalue weighted by atomic mass is 10.0. The molecule has 0 amide bonds. The highest BCUT2D eigenvalue weighted by atomic mass is 16.5. The number of carbonyl (C=O) groups excluding carboxylic acids is 1. The van der Waals surface area contributed by atoms with Crippen molar-refractivity contribution < 1.29 is 9.53 Å². The van der Waals surface area contributed by atoms with Gasteiger partial charge >= 0.3 is 5.97 Å². The summed E-state index contributed by atoms with van der Waals surface area (Å²) in [7, 11) is 0. The van der Waals surface area contributed by atoms with Crippen LogP contribution in [0.2, 0.25) is 0 Å². The highest BCUT2D eigenvalue weighted by Crippen LogP contribution is 2.20. The fraction of sp³-hybridized carbons (Fsp3) is 0.308. The maximum absolute atomic E-state index is 11.3. The summed E-state index contributed by atoms with van der Waals surface area (Å²) in [6, 6.07) is 7.55. The van der Waals surface area contributed by atoms with Crippen molar-refractivity contribution in [3.63, 3.8) is 0 Å². The van der Waals surface area contributed by atoms with Crippen LogP contribution < -0.4 is 4.74 Å². The molecule has 0 aliphatic heterocycles. The van der Waals surface area contributed by atoms with Crippen molar-refractivity contribution in [2.75, 3.05) is 0 Å². The van der Waals surface area contributed by atoms with Crippen molar-refractivity contribution in [1.82, 2.24) is 0 Å². The molecule has 1 aromatic rings. The summed E-state index contributed by atoms with van der Waals surface area (Å²) in [5.74, 6) is 0.624. The van der Waals surface area contributed by atoms with Crippen LogP contribution in [0.1, 0.15) is 32.3 Å². The Labute approximate surface area is 90.6 Å². The minimum Gasteiger partial charge on any atom is -0.423 e. The molecule has 0 atom stereocenters. The lowest BCUT2D eigenvalue weighted by Crippen LogP contribution is -2.08. The molecule has 0 aromatic heterocycles. The van der Waals surface area contributed by atoms with Crippen LogP contribution in [0.15, 0.2) is 36.4 Å². The summed E-state index contributed by atoms with van der Waals surface area (Å²) in [5.41, 5.74) is 1.56. The second-order valence-electron chi connectivity index (χ2n) is 3.90. The number of carbonyl (C=O) groups is 1. The number of esters is 1. The van der Waals surface area contributed by atoms with Crippen LogP contribution in [-0.4, -0.2) is 5.97 Å². The largest absolute Gasteiger partial charge is 0.423 e. The quantitative estimate of drug-likeness (QED) is 0.429. The molecule has 80 valence electrons. The monoisotopic (exact) mass is 204 g/mol. The van der Waals surface area contributed by atoms with Gasteiger partial charge in [0, 0.05) is 5.57 Å². The molecule has 0 saturated heterocycles. The van der Waals surface area contributed by atoms with Gasteiger partial charge in [0.2, 0.25) is 0 Å². The van der Waals surface area contributed by atoms with E-state index in [0.29, 0.717) is 17.2 Å².